The van der Waals surface area contributed by atoms with Crippen molar-refractivity contribution in [2.24, 2.45) is 0 Å². The highest BCUT2D eigenvalue weighted by Crippen LogP contribution is 2.27. The number of fused-ring (bicyclic) bond motifs is 1. The first-order valence-corrected chi connectivity index (χ1v) is 8.72. The topological polar surface area (TPSA) is 71.3 Å². The third-order valence-electron chi connectivity index (χ3n) is 4.09. The largest absolute Gasteiger partial charge is 0.478 e. The van der Waals surface area contributed by atoms with E-state index in [0.29, 0.717) is 23.7 Å². The van der Waals surface area contributed by atoms with Crippen molar-refractivity contribution in [3.05, 3.63) is 58.7 Å². The van der Waals surface area contributed by atoms with Crippen LogP contribution in [-0.4, -0.2) is 27.3 Å². The molecule has 1 aliphatic heterocycles. The third kappa shape index (κ3) is 3.17. The summed E-state index contributed by atoms with van der Waals surface area (Å²) in [5, 5.41) is 12.2. The van der Waals surface area contributed by atoms with Gasteiger partial charge in [0.15, 0.2) is 0 Å². The predicted octanol–water partition coefficient (Wildman–Crippen LogP) is 3.06. The Kier molecular flexibility index (Phi) is 4.62. The van der Waals surface area contributed by atoms with E-state index in [2.05, 4.69) is 5.32 Å². The molecule has 1 aromatic carbocycles. The van der Waals surface area contributed by atoms with Gasteiger partial charge in [-0.2, -0.15) is 11.8 Å². The second kappa shape index (κ2) is 6.68. The maximum Gasteiger partial charge on any atom is 0.337 e. The van der Waals surface area contributed by atoms with E-state index in [9.17, 15) is 19.1 Å². The van der Waals surface area contributed by atoms with Gasteiger partial charge in [0.1, 0.15) is 11.5 Å². The van der Waals surface area contributed by atoms with Gasteiger partial charge in [0.25, 0.3) is 5.91 Å². The Morgan fingerprint density at radius 1 is 1.33 bits per heavy atom. The maximum atomic E-state index is 13.0. The lowest BCUT2D eigenvalue weighted by Gasteiger charge is -2.19. The van der Waals surface area contributed by atoms with Crippen LogP contribution in [0.1, 0.15) is 45.1 Å². The number of aromatic carboxylic acids is 1. The molecule has 0 saturated carbocycles. The summed E-state index contributed by atoms with van der Waals surface area (Å²) >= 11 is 1.65. The Bertz CT molecular complexity index is 786. The van der Waals surface area contributed by atoms with Crippen molar-refractivity contribution in [2.45, 2.75) is 25.3 Å². The minimum absolute atomic E-state index is 0.182. The van der Waals surface area contributed by atoms with Crippen LogP contribution in [0, 0.1) is 5.82 Å². The van der Waals surface area contributed by atoms with Crippen molar-refractivity contribution in [3.8, 4) is 0 Å². The van der Waals surface area contributed by atoms with Gasteiger partial charge in [0.05, 0.1) is 11.6 Å². The van der Waals surface area contributed by atoms with E-state index in [4.69, 9.17) is 0 Å². The van der Waals surface area contributed by atoms with E-state index >= 15 is 0 Å². The smallest absolute Gasteiger partial charge is 0.337 e. The highest BCUT2D eigenvalue weighted by Gasteiger charge is 2.26. The maximum absolute atomic E-state index is 13.0. The Balaban J connectivity index is 1.85. The monoisotopic (exact) mass is 348 g/mol. The number of hydrogen-bond acceptors (Lipinski definition) is 3. The molecule has 5 nitrogen and oxygen atoms in total. The number of hydrogen-bond donors (Lipinski definition) is 2. The zero-order chi connectivity index (χ0) is 17.3. The molecule has 126 valence electrons. The molecule has 0 aliphatic carbocycles. The molecular weight excluding hydrogens is 331 g/mol. The predicted molar refractivity (Wildman–Crippen MR) is 89.8 cm³/mol. The molecule has 7 heteroatoms. The van der Waals surface area contributed by atoms with Gasteiger partial charge in [-0.15, -0.1) is 0 Å². The summed E-state index contributed by atoms with van der Waals surface area (Å²) < 4.78 is 14.8. The Labute approximate surface area is 142 Å². The van der Waals surface area contributed by atoms with Gasteiger partial charge in [-0.3, -0.25) is 4.79 Å². The normalized spacial score (nSPS) is 14.8. The summed E-state index contributed by atoms with van der Waals surface area (Å²) in [6, 6.07) is 7.06. The summed E-state index contributed by atoms with van der Waals surface area (Å²) in [5.41, 5.74) is 2.00. The quantitative estimate of drug-likeness (QED) is 0.891. The first-order valence-electron chi connectivity index (χ1n) is 7.57. The molecule has 2 N–H and O–H groups in total. The lowest BCUT2D eigenvalue weighted by Crippen LogP contribution is -2.29. The fourth-order valence-corrected chi connectivity index (χ4v) is 3.76. The molecule has 24 heavy (non-hydrogen) atoms. The van der Waals surface area contributed by atoms with Crippen LogP contribution >= 0.6 is 11.8 Å². The van der Waals surface area contributed by atoms with Gasteiger partial charge in [-0.25, -0.2) is 9.18 Å². The van der Waals surface area contributed by atoms with Crippen LogP contribution in [0.25, 0.3) is 0 Å². The van der Waals surface area contributed by atoms with Crippen LogP contribution in [0.3, 0.4) is 0 Å². The van der Waals surface area contributed by atoms with Crippen molar-refractivity contribution < 1.29 is 19.1 Å². The average molecular weight is 348 g/mol. The Morgan fingerprint density at radius 3 is 2.71 bits per heavy atom. The molecule has 0 bridgehead atoms. The van der Waals surface area contributed by atoms with Crippen molar-refractivity contribution in [2.75, 3.05) is 5.75 Å². The lowest BCUT2D eigenvalue weighted by molar-refractivity contribution is 0.0695. The number of rotatable bonds is 4. The molecule has 1 atom stereocenters. The molecule has 0 fully saturated rings. The molecule has 0 spiro atoms. The number of thioether (sulfide) groups is 1. The van der Waals surface area contributed by atoms with Crippen LogP contribution in [0.15, 0.2) is 30.3 Å². The van der Waals surface area contributed by atoms with Gasteiger partial charge in [-0.1, -0.05) is 12.1 Å². The number of carbonyl (C=O) groups excluding carboxylic acids is 1. The molecule has 1 unspecified atom stereocenters. The number of carboxylic acids is 1. The zero-order valence-electron chi connectivity index (χ0n) is 13.1. The van der Waals surface area contributed by atoms with Crippen molar-refractivity contribution in [1.82, 2.24) is 9.88 Å². The molecule has 1 amide bonds. The van der Waals surface area contributed by atoms with E-state index < -0.39 is 5.97 Å². The second-order valence-corrected chi connectivity index (χ2v) is 6.75. The molecule has 3 rings (SSSR count). The highest BCUT2D eigenvalue weighted by atomic mass is 32.2. The minimum Gasteiger partial charge on any atom is -0.478 e. The first-order chi connectivity index (χ1) is 11.5. The molecule has 1 aromatic heterocycles. The minimum atomic E-state index is -1.02. The number of nitrogens with one attached hydrogen (secondary N) is 1. The van der Waals surface area contributed by atoms with Crippen LogP contribution in [0.2, 0.25) is 0 Å². The summed E-state index contributed by atoms with van der Waals surface area (Å²) in [6.45, 7) is 2.42. The second-order valence-electron chi connectivity index (χ2n) is 5.65. The summed E-state index contributed by atoms with van der Waals surface area (Å²) in [6.07, 6.45) is 0. The standard InChI is InChI=1S/C17H17FN2O3S/c1-10(11-2-4-12(18)5-3-11)19-16(21)14-8-13(17(22)23)15-9-24-7-6-20(14)15/h2-5,8,10H,6-7,9H2,1H3,(H,19,21)(H,22,23). The molecule has 2 aromatic rings. The van der Waals surface area contributed by atoms with Crippen LogP contribution in [0.4, 0.5) is 4.39 Å². The van der Waals surface area contributed by atoms with E-state index in [0.717, 1.165) is 11.3 Å². The molecular formula is C17H17FN2O3S. The highest BCUT2D eigenvalue weighted by molar-refractivity contribution is 7.98. The van der Waals surface area contributed by atoms with Crippen LogP contribution in [0.5, 0.6) is 0 Å². The van der Waals surface area contributed by atoms with Crippen molar-refractivity contribution in [1.29, 1.82) is 0 Å². The van der Waals surface area contributed by atoms with Gasteiger partial charge in [0, 0.05) is 23.7 Å². The number of aromatic nitrogens is 1. The number of amides is 1. The van der Waals surface area contributed by atoms with E-state index in [1.807, 2.05) is 0 Å². The molecule has 2 heterocycles. The zero-order valence-corrected chi connectivity index (χ0v) is 13.9. The summed E-state index contributed by atoms with van der Waals surface area (Å²) in [4.78, 5) is 24.0. The molecule has 0 radical (unpaired) electrons. The third-order valence-corrected chi connectivity index (χ3v) is 5.04. The number of carboxylic acid groups (broad SMARTS) is 1. The Hall–Kier alpha value is -2.28. The fourth-order valence-electron chi connectivity index (χ4n) is 2.80. The number of nitrogens with zero attached hydrogens (tertiary/aromatic N) is 1. The van der Waals surface area contributed by atoms with E-state index in [-0.39, 0.29) is 23.3 Å². The van der Waals surface area contributed by atoms with E-state index in [1.54, 1.807) is 35.4 Å². The first kappa shape index (κ1) is 16.6. The van der Waals surface area contributed by atoms with Gasteiger partial charge < -0.3 is 15.0 Å². The number of carbonyl (C=O) groups is 2. The average Bonchev–Trinajstić information content (AvgIpc) is 2.95. The summed E-state index contributed by atoms with van der Waals surface area (Å²) in [7, 11) is 0. The number of benzene rings is 1. The molecule has 0 saturated heterocycles. The van der Waals surface area contributed by atoms with Crippen LogP contribution in [-0.2, 0) is 12.3 Å². The van der Waals surface area contributed by atoms with E-state index in [1.165, 1.54) is 18.2 Å². The van der Waals surface area contributed by atoms with Crippen molar-refractivity contribution in [3.63, 3.8) is 0 Å². The van der Waals surface area contributed by atoms with Crippen LogP contribution < -0.4 is 5.32 Å². The van der Waals surface area contributed by atoms with Gasteiger partial charge in [-0.05, 0) is 30.7 Å². The van der Waals surface area contributed by atoms with Gasteiger partial charge >= 0.3 is 5.97 Å². The fraction of sp³-hybridized carbons (Fsp3) is 0.294. The molecule has 1 aliphatic rings. The SMILES string of the molecule is CC(NC(=O)c1cc(C(=O)O)c2n1CCSC2)c1ccc(F)cc1. The lowest BCUT2D eigenvalue weighted by atomic mass is 10.1. The Morgan fingerprint density at radius 2 is 2.04 bits per heavy atom. The van der Waals surface area contributed by atoms with Crippen molar-refractivity contribution >= 4 is 23.6 Å². The summed E-state index contributed by atoms with van der Waals surface area (Å²) in [5.74, 6) is -0.252. The van der Waals surface area contributed by atoms with Gasteiger partial charge in [0.2, 0.25) is 0 Å². The number of halogens is 1.